The molecule has 0 fully saturated rings. The third kappa shape index (κ3) is 2.91. The molecule has 0 unspecified atom stereocenters. The van der Waals surface area contributed by atoms with Gasteiger partial charge >= 0.3 is 5.97 Å². The number of carboxylic acids is 1. The maximum absolute atomic E-state index is 12.2. The second kappa shape index (κ2) is 5.85. The number of fused-ring (bicyclic) bond motifs is 1. The number of allylic oxidation sites excluding steroid dienone is 1. The molecular formula is C18H14O4. The first-order valence-corrected chi connectivity index (χ1v) is 6.95. The summed E-state index contributed by atoms with van der Waals surface area (Å²) in [5.74, 6) is -0.200. The van der Waals surface area contributed by atoms with Crippen LogP contribution in [0.1, 0.15) is 31.8 Å². The molecule has 0 aliphatic carbocycles. The number of benzene rings is 2. The molecule has 0 saturated heterocycles. The van der Waals surface area contributed by atoms with Crippen molar-refractivity contribution in [2.75, 3.05) is 6.61 Å². The van der Waals surface area contributed by atoms with Gasteiger partial charge in [-0.2, -0.15) is 0 Å². The summed E-state index contributed by atoms with van der Waals surface area (Å²) in [7, 11) is 0. The fraction of sp³-hybridized carbons (Fsp3) is 0.111. The van der Waals surface area contributed by atoms with E-state index in [9.17, 15) is 9.59 Å². The monoisotopic (exact) mass is 294 g/mol. The molecule has 2 aromatic carbocycles. The number of ether oxygens (including phenoxy) is 1. The van der Waals surface area contributed by atoms with Gasteiger partial charge in [0.05, 0.1) is 12.2 Å². The lowest BCUT2D eigenvalue weighted by Crippen LogP contribution is -1.96. The van der Waals surface area contributed by atoms with E-state index in [4.69, 9.17) is 9.84 Å². The minimum absolute atomic E-state index is 0.0861. The van der Waals surface area contributed by atoms with Crippen LogP contribution in [0.4, 0.5) is 0 Å². The highest BCUT2D eigenvalue weighted by atomic mass is 16.5. The Morgan fingerprint density at radius 2 is 1.77 bits per heavy atom. The Bertz CT molecular complexity index is 757. The Hall–Kier alpha value is -2.88. The van der Waals surface area contributed by atoms with E-state index in [1.54, 1.807) is 24.3 Å². The highest BCUT2D eigenvalue weighted by Gasteiger charge is 2.13. The van der Waals surface area contributed by atoms with Crippen LogP contribution in [0, 0.1) is 0 Å². The Balaban J connectivity index is 1.74. The lowest BCUT2D eigenvalue weighted by atomic mass is 10.0. The number of ketones is 1. The zero-order valence-corrected chi connectivity index (χ0v) is 11.8. The number of carbonyl (C=O) groups excluding carboxylic acids is 1. The van der Waals surface area contributed by atoms with Gasteiger partial charge in [0.25, 0.3) is 0 Å². The summed E-state index contributed by atoms with van der Waals surface area (Å²) < 4.78 is 5.42. The van der Waals surface area contributed by atoms with Crippen molar-refractivity contribution < 1.29 is 19.4 Å². The largest absolute Gasteiger partial charge is 0.493 e. The fourth-order valence-electron chi connectivity index (χ4n) is 2.34. The van der Waals surface area contributed by atoms with E-state index >= 15 is 0 Å². The van der Waals surface area contributed by atoms with Crippen LogP contribution in [-0.2, 0) is 6.42 Å². The summed E-state index contributed by atoms with van der Waals surface area (Å²) in [6.07, 6.45) is 4.00. The highest BCUT2D eigenvalue weighted by Crippen LogP contribution is 2.26. The van der Waals surface area contributed by atoms with E-state index in [2.05, 4.69) is 0 Å². The minimum Gasteiger partial charge on any atom is -0.493 e. The molecule has 4 nitrogen and oxygen atoms in total. The van der Waals surface area contributed by atoms with Gasteiger partial charge in [-0.05, 0) is 47.5 Å². The fourth-order valence-corrected chi connectivity index (χ4v) is 2.34. The van der Waals surface area contributed by atoms with Gasteiger partial charge in [-0.1, -0.05) is 18.2 Å². The second-order valence-corrected chi connectivity index (χ2v) is 5.05. The van der Waals surface area contributed by atoms with Gasteiger partial charge in [-0.25, -0.2) is 4.79 Å². The van der Waals surface area contributed by atoms with E-state index < -0.39 is 5.97 Å². The number of hydrogen-bond donors (Lipinski definition) is 1. The van der Waals surface area contributed by atoms with Crippen molar-refractivity contribution in [3.63, 3.8) is 0 Å². The van der Waals surface area contributed by atoms with Crippen LogP contribution < -0.4 is 4.74 Å². The van der Waals surface area contributed by atoms with Gasteiger partial charge in [-0.3, -0.25) is 4.79 Å². The normalized spacial score (nSPS) is 12.9. The molecule has 1 N–H and O–H groups in total. The van der Waals surface area contributed by atoms with Crippen molar-refractivity contribution >= 4 is 17.8 Å². The van der Waals surface area contributed by atoms with Crippen molar-refractivity contribution in [1.29, 1.82) is 0 Å². The molecule has 0 amide bonds. The molecule has 1 aliphatic heterocycles. The predicted molar refractivity (Wildman–Crippen MR) is 82.4 cm³/mol. The van der Waals surface area contributed by atoms with Crippen molar-refractivity contribution in [1.82, 2.24) is 0 Å². The Morgan fingerprint density at radius 3 is 2.50 bits per heavy atom. The molecule has 3 rings (SSSR count). The SMILES string of the molecule is O=C(O)c1ccc(C=CC(=O)c2ccc3c(c2)CCO3)cc1. The zero-order valence-electron chi connectivity index (χ0n) is 11.8. The predicted octanol–water partition coefficient (Wildman–Crippen LogP) is 3.22. The summed E-state index contributed by atoms with van der Waals surface area (Å²) in [6, 6.07) is 11.8. The summed E-state index contributed by atoms with van der Waals surface area (Å²) in [5.41, 5.74) is 2.69. The highest BCUT2D eigenvalue weighted by molar-refractivity contribution is 6.07. The molecule has 22 heavy (non-hydrogen) atoms. The van der Waals surface area contributed by atoms with Crippen molar-refractivity contribution in [3.8, 4) is 5.75 Å². The topological polar surface area (TPSA) is 63.6 Å². The van der Waals surface area contributed by atoms with Crippen molar-refractivity contribution in [2.24, 2.45) is 0 Å². The van der Waals surface area contributed by atoms with Gasteiger partial charge in [0.15, 0.2) is 5.78 Å². The molecule has 2 aromatic rings. The maximum Gasteiger partial charge on any atom is 0.335 e. The number of carbonyl (C=O) groups is 2. The second-order valence-electron chi connectivity index (χ2n) is 5.05. The molecule has 0 radical (unpaired) electrons. The lowest BCUT2D eigenvalue weighted by molar-refractivity contribution is 0.0696. The van der Waals surface area contributed by atoms with E-state index in [0.29, 0.717) is 12.2 Å². The first-order chi connectivity index (χ1) is 10.6. The van der Waals surface area contributed by atoms with Crippen LogP contribution in [-0.4, -0.2) is 23.5 Å². The summed E-state index contributed by atoms with van der Waals surface area (Å²) >= 11 is 0. The van der Waals surface area contributed by atoms with E-state index in [1.165, 1.54) is 18.2 Å². The molecule has 0 aromatic heterocycles. The van der Waals surface area contributed by atoms with Gasteiger partial charge < -0.3 is 9.84 Å². The number of aromatic carboxylic acids is 1. The third-order valence-corrected chi connectivity index (χ3v) is 3.56. The zero-order chi connectivity index (χ0) is 15.5. The molecular weight excluding hydrogens is 280 g/mol. The van der Waals surface area contributed by atoms with E-state index in [1.807, 2.05) is 12.1 Å². The van der Waals surface area contributed by atoms with Crippen LogP contribution in [0.15, 0.2) is 48.5 Å². The molecule has 0 bridgehead atoms. The molecule has 110 valence electrons. The maximum atomic E-state index is 12.2. The van der Waals surface area contributed by atoms with E-state index in [-0.39, 0.29) is 11.3 Å². The molecule has 0 saturated carbocycles. The van der Waals surface area contributed by atoms with Crippen LogP contribution in [0.25, 0.3) is 6.08 Å². The smallest absolute Gasteiger partial charge is 0.335 e. The number of carboxylic acid groups (broad SMARTS) is 1. The average molecular weight is 294 g/mol. The standard InChI is InChI=1S/C18H14O4/c19-16(14-6-8-17-15(11-14)9-10-22-17)7-3-12-1-4-13(5-2-12)18(20)21/h1-8,11H,9-10H2,(H,20,21). The number of rotatable bonds is 4. The lowest BCUT2D eigenvalue weighted by Gasteiger charge is -2.01. The quantitative estimate of drug-likeness (QED) is 0.694. The molecule has 1 heterocycles. The van der Waals surface area contributed by atoms with Gasteiger partial charge in [-0.15, -0.1) is 0 Å². The minimum atomic E-state index is -0.966. The average Bonchev–Trinajstić information content (AvgIpc) is 3.00. The summed E-state index contributed by atoms with van der Waals surface area (Å²) in [5, 5.41) is 8.84. The van der Waals surface area contributed by atoms with Crippen LogP contribution in [0.3, 0.4) is 0 Å². The Morgan fingerprint density at radius 1 is 1.05 bits per heavy atom. The van der Waals surface area contributed by atoms with Crippen LogP contribution in [0.5, 0.6) is 5.75 Å². The molecule has 1 aliphatic rings. The third-order valence-electron chi connectivity index (χ3n) is 3.56. The van der Waals surface area contributed by atoms with Crippen LogP contribution in [0.2, 0.25) is 0 Å². The first kappa shape index (κ1) is 14.1. The summed E-state index contributed by atoms with van der Waals surface area (Å²) in [4.78, 5) is 22.9. The Labute approximate surface area is 127 Å². The first-order valence-electron chi connectivity index (χ1n) is 6.95. The van der Waals surface area contributed by atoms with Gasteiger partial charge in [0.1, 0.15) is 5.75 Å². The van der Waals surface area contributed by atoms with Crippen molar-refractivity contribution in [2.45, 2.75) is 6.42 Å². The van der Waals surface area contributed by atoms with Crippen molar-refractivity contribution in [3.05, 3.63) is 70.8 Å². The van der Waals surface area contributed by atoms with Gasteiger partial charge in [0, 0.05) is 12.0 Å². The number of hydrogen-bond acceptors (Lipinski definition) is 3. The molecule has 0 atom stereocenters. The van der Waals surface area contributed by atoms with Gasteiger partial charge in [0.2, 0.25) is 0 Å². The molecule has 4 heteroatoms. The molecule has 0 spiro atoms. The van der Waals surface area contributed by atoms with E-state index in [0.717, 1.165) is 23.3 Å². The van der Waals surface area contributed by atoms with Crippen LogP contribution >= 0.6 is 0 Å². The summed E-state index contributed by atoms with van der Waals surface area (Å²) in [6.45, 7) is 0.665. The Kier molecular flexibility index (Phi) is 3.74.